The van der Waals surface area contributed by atoms with E-state index >= 15 is 0 Å². The molecule has 0 saturated carbocycles. The van der Waals surface area contributed by atoms with E-state index in [4.69, 9.17) is 5.21 Å². The van der Waals surface area contributed by atoms with E-state index < -0.39 is 0 Å². The van der Waals surface area contributed by atoms with Gasteiger partial charge >= 0.3 is 5.69 Å². The molecular formula is C12H10NO2S+. The number of nitrogens with zero attached hydrogens (tertiary/aromatic N) is 1. The minimum absolute atomic E-state index is 0.106. The molecule has 0 aromatic heterocycles. The van der Waals surface area contributed by atoms with E-state index in [-0.39, 0.29) is 10.6 Å². The molecule has 80 valence electrons. The molecule has 2 aromatic carbocycles. The van der Waals surface area contributed by atoms with Crippen LogP contribution in [0.5, 0.6) is 0 Å². The number of hydrogen-bond acceptors (Lipinski definition) is 2. The van der Waals surface area contributed by atoms with Gasteiger partial charge in [-0.3, -0.25) is 0 Å². The lowest BCUT2D eigenvalue weighted by molar-refractivity contribution is -0.731. The summed E-state index contributed by atoms with van der Waals surface area (Å²) in [4.78, 5) is 12.6. The van der Waals surface area contributed by atoms with Crippen molar-refractivity contribution in [1.29, 1.82) is 0 Å². The standard InChI is InChI=1S/C12H10NO2S/c14-13(15)11-8-4-5-9-12(11)16-10-6-2-1-3-7-10/h1-9H,(H,14,15)/q+1. The van der Waals surface area contributed by atoms with Gasteiger partial charge in [-0.05, 0) is 18.2 Å². The summed E-state index contributed by atoms with van der Waals surface area (Å²) < 4.78 is 0. The number of benzene rings is 2. The minimum Gasteiger partial charge on any atom is -0.241 e. The van der Waals surface area contributed by atoms with Crippen LogP contribution < -0.4 is 0 Å². The second kappa shape index (κ2) is 4.81. The van der Waals surface area contributed by atoms with Gasteiger partial charge in [0.05, 0.1) is 9.80 Å². The van der Waals surface area contributed by atoms with Crippen molar-refractivity contribution < 1.29 is 10.1 Å². The zero-order chi connectivity index (χ0) is 11.4. The lowest BCUT2D eigenvalue weighted by atomic mass is 10.3. The van der Waals surface area contributed by atoms with Gasteiger partial charge in [-0.15, -0.1) is 0 Å². The molecule has 3 nitrogen and oxygen atoms in total. The van der Waals surface area contributed by atoms with Gasteiger partial charge in [-0.25, -0.2) is 5.21 Å². The average molecular weight is 232 g/mol. The average Bonchev–Trinajstić information content (AvgIpc) is 2.31. The molecule has 0 aliphatic carbocycles. The maximum atomic E-state index is 10.9. The highest BCUT2D eigenvalue weighted by Crippen LogP contribution is 2.33. The maximum absolute atomic E-state index is 10.9. The Labute approximate surface area is 97.3 Å². The fraction of sp³-hybridized carbons (Fsp3) is 0. The Hall–Kier alpha value is -1.81. The second-order valence-corrected chi connectivity index (χ2v) is 4.27. The van der Waals surface area contributed by atoms with Crippen LogP contribution in [0, 0.1) is 4.91 Å². The lowest BCUT2D eigenvalue weighted by Gasteiger charge is -1.99. The van der Waals surface area contributed by atoms with Crippen molar-refractivity contribution in [3.05, 3.63) is 59.5 Å². The van der Waals surface area contributed by atoms with Crippen LogP contribution in [-0.4, -0.2) is 10.1 Å². The van der Waals surface area contributed by atoms with Crippen LogP contribution in [0.4, 0.5) is 5.69 Å². The molecule has 0 unspecified atom stereocenters. The van der Waals surface area contributed by atoms with Gasteiger partial charge in [0, 0.05) is 11.0 Å². The first kappa shape index (κ1) is 10.7. The summed E-state index contributed by atoms with van der Waals surface area (Å²) in [6, 6.07) is 16.6. The Morgan fingerprint density at radius 2 is 1.56 bits per heavy atom. The first-order valence-electron chi connectivity index (χ1n) is 4.75. The Kier molecular flexibility index (Phi) is 3.22. The molecule has 2 aromatic rings. The van der Waals surface area contributed by atoms with Crippen LogP contribution in [0.3, 0.4) is 0 Å². The SMILES string of the molecule is O=[N+](O)c1ccccc1Sc1ccccc1. The third-order valence-electron chi connectivity index (χ3n) is 2.04. The van der Waals surface area contributed by atoms with Crippen molar-refractivity contribution in [2.75, 3.05) is 0 Å². The molecule has 0 fully saturated rings. The predicted octanol–water partition coefficient (Wildman–Crippen LogP) is 3.64. The predicted molar refractivity (Wildman–Crippen MR) is 62.1 cm³/mol. The molecule has 4 heteroatoms. The topological polar surface area (TPSA) is 40.3 Å². The molecule has 0 aliphatic heterocycles. The summed E-state index contributed by atoms with van der Waals surface area (Å²) in [5.74, 6) is 0. The van der Waals surface area contributed by atoms with Gasteiger partial charge in [-0.1, -0.05) is 42.1 Å². The van der Waals surface area contributed by atoms with E-state index in [1.807, 2.05) is 36.4 Å². The zero-order valence-electron chi connectivity index (χ0n) is 8.41. The molecule has 0 saturated heterocycles. The van der Waals surface area contributed by atoms with Crippen molar-refractivity contribution >= 4 is 17.4 Å². The van der Waals surface area contributed by atoms with Crippen molar-refractivity contribution in [2.24, 2.45) is 0 Å². The minimum atomic E-state index is -0.106. The van der Waals surface area contributed by atoms with Gasteiger partial charge < -0.3 is 0 Å². The summed E-state index contributed by atoms with van der Waals surface area (Å²) in [6.45, 7) is 0. The highest BCUT2D eigenvalue weighted by atomic mass is 32.2. The van der Waals surface area contributed by atoms with Crippen LogP contribution in [-0.2, 0) is 0 Å². The molecule has 0 bridgehead atoms. The number of hydrogen-bond donors (Lipinski definition) is 1. The van der Waals surface area contributed by atoms with Crippen molar-refractivity contribution in [3.8, 4) is 0 Å². The van der Waals surface area contributed by atoms with E-state index in [0.29, 0.717) is 0 Å². The first-order chi connectivity index (χ1) is 7.77. The van der Waals surface area contributed by atoms with Crippen LogP contribution in [0.25, 0.3) is 0 Å². The normalized spacial score (nSPS) is 10.0. The van der Waals surface area contributed by atoms with Crippen molar-refractivity contribution in [3.63, 3.8) is 0 Å². The summed E-state index contributed by atoms with van der Waals surface area (Å²) in [5, 5.41) is 8.95. The van der Waals surface area contributed by atoms with E-state index in [9.17, 15) is 4.91 Å². The summed E-state index contributed by atoms with van der Waals surface area (Å²) in [5.41, 5.74) is 0.261. The summed E-state index contributed by atoms with van der Waals surface area (Å²) in [6.07, 6.45) is 0. The lowest BCUT2D eigenvalue weighted by Crippen LogP contribution is -1.93. The van der Waals surface area contributed by atoms with Crippen LogP contribution in [0.2, 0.25) is 0 Å². The van der Waals surface area contributed by atoms with Gasteiger partial charge in [0.2, 0.25) is 0 Å². The first-order valence-corrected chi connectivity index (χ1v) is 5.57. The molecule has 0 heterocycles. The largest absolute Gasteiger partial charge is 0.330 e. The molecule has 2 rings (SSSR count). The fourth-order valence-electron chi connectivity index (χ4n) is 1.32. The molecule has 1 N–H and O–H groups in total. The van der Waals surface area contributed by atoms with Crippen molar-refractivity contribution in [1.82, 2.24) is 0 Å². The highest BCUT2D eigenvalue weighted by molar-refractivity contribution is 7.99. The third kappa shape index (κ3) is 2.41. The summed E-state index contributed by atoms with van der Waals surface area (Å²) in [7, 11) is 0. The molecule has 0 aliphatic rings. The summed E-state index contributed by atoms with van der Waals surface area (Å²) >= 11 is 1.44. The molecule has 0 radical (unpaired) electrons. The van der Waals surface area contributed by atoms with E-state index in [2.05, 4.69) is 0 Å². The Morgan fingerprint density at radius 1 is 0.938 bits per heavy atom. The van der Waals surface area contributed by atoms with Gasteiger partial charge in [0.25, 0.3) is 4.92 Å². The molecule has 16 heavy (non-hydrogen) atoms. The van der Waals surface area contributed by atoms with Crippen LogP contribution >= 0.6 is 11.8 Å². The molecule has 0 atom stereocenters. The third-order valence-corrected chi connectivity index (χ3v) is 3.12. The van der Waals surface area contributed by atoms with Crippen LogP contribution in [0.15, 0.2) is 64.4 Å². The van der Waals surface area contributed by atoms with Crippen molar-refractivity contribution in [2.45, 2.75) is 9.79 Å². The molecule has 0 spiro atoms. The smallest absolute Gasteiger partial charge is 0.241 e. The Balaban J connectivity index is 2.31. The second-order valence-electron chi connectivity index (χ2n) is 3.16. The number of rotatable bonds is 3. The Bertz CT molecular complexity index is 499. The van der Waals surface area contributed by atoms with Gasteiger partial charge in [0.15, 0.2) is 0 Å². The zero-order valence-corrected chi connectivity index (χ0v) is 9.22. The number of para-hydroxylation sites is 1. The van der Waals surface area contributed by atoms with Gasteiger partial charge in [-0.2, -0.15) is 0 Å². The van der Waals surface area contributed by atoms with E-state index in [1.165, 1.54) is 11.8 Å². The molecule has 0 amide bonds. The molecular weight excluding hydrogens is 222 g/mol. The Morgan fingerprint density at radius 3 is 2.25 bits per heavy atom. The van der Waals surface area contributed by atoms with Crippen LogP contribution in [0.1, 0.15) is 0 Å². The van der Waals surface area contributed by atoms with Gasteiger partial charge in [0.1, 0.15) is 0 Å². The monoisotopic (exact) mass is 232 g/mol. The maximum Gasteiger partial charge on any atom is 0.330 e. The quantitative estimate of drug-likeness (QED) is 0.821. The fourth-order valence-corrected chi connectivity index (χ4v) is 2.26. The highest BCUT2D eigenvalue weighted by Gasteiger charge is 2.17. The van der Waals surface area contributed by atoms with E-state index in [1.54, 1.807) is 18.2 Å². The van der Waals surface area contributed by atoms with E-state index in [0.717, 1.165) is 9.79 Å².